The minimum Gasteiger partial charge on any atom is -0.434 e. The highest BCUT2D eigenvalue weighted by atomic mass is 19.4. The summed E-state index contributed by atoms with van der Waals surface area (Å²) >= 11 is 0. The molecule has 1 rings (SSSR count). The van der Waals surface area contributed by atoms with Crippen LogP contribution in [-0.4, -0.2) is 117 Å². The highest BCUT2D eigenvalue weighted by Crippen LogP contribution is 2.45. The van der Waals surface area contributed by atoms with Crippen LogP contribution < -0.4 is 0 Å². The zero-order valence-electron chi connectivity index (χ0n) is 15.7. The zero-order valence-corrected chi connectivity index (χ0v) is 15.7. The number of carbonyl (C=O) groups is 1. The predicted octanol–water partition coefficient (Wildman–Crippen LogP) is -0.501. The van der Waals surface area contributed by atoms with Crippen LogP contribution in [0.25, 0.3) is 0 Å². The SMILES string of the molecule is [B]C1N(C(C)(C)C)C([B])([B])C([B])N(C(=O)OC([B])(C(F)(F)F)C(F)(F)F)C1([B])[B]. The van der Waals surface area contributed by atoms with E-state index in [1.54, 1.807) is 0 Å². The van der Waals surface area contributed by atoms with Crippen LogP contribution in [0, 0.1) is 0 Å². The second-order valence-electron chi connectivity index (χ2n) is 7.67. The predicted molar refractivity (Wildman–Crippen MR) is 98.1 cm³/mol. The third-order valence-corrected chi connectivity index (χ3v) is 4.35. The van der Waals surface area contributed by atoms with Crippen molar-refractivity contribution in [2.45, 2.75) is 66.7 Å². The van der Waals surface area contributed by atoms with Gasteiger partial charge >= 0.3 is 18.4 Å². The molecule has 2 atom stereocenters. The average molecular weight is 405 g/mol. The smallest absolute Gasteiger partial charge is 0.427 e. The lowest BCUT2D eigenvalue weighted by Crippen LogP contribution is -2.85. The van der Waals surface area contributed by atoms with Gasteiger partial charge in [-0.1, -0.05) is 0 Å². The van der Waals surface area contributed by atoms with Gasteiger partial charge in [-0.25, -0.2) is 4.79 Å². The van der Waals surface area contributed by atoms with Gasteiger partial charge in [0, 0.05) is 5.54 Å². The third-order valence-electron chi connectivity index (χ3n) is 4.35. The zero-order chi connectivity index (χ0) is 23.6. The average Bonchev–Trinajstić information content (AvgIpc) is 2.41. The second kappa shape index (κ2) is 7.16. The van der Waals surface area contributed by atoms with Gasteiger partial charge in [-0.3, -0.25) is 0 Å². The molecule has 1 aliphatic heterocycles. The van der Waals surface area contributed by atoms with E-state index in [-0.39, 0.29) is 4.90 Å². The molecule has 0 aromatic rings. The van der Waals surface area contributed by atoms with Crippen molar-refractivity contribution < 1.29 is 35.9 Å². The first kappa shape index (κ1) is 26.3. The molecular weight excluding hydrogens is 394 g/mol. The minimum absolute atomic E-state index is 0.112. The normalized spacial score (nSPS) is 26.2. The van der Waals surface area contributed by atoms with Gasteiger partial charge in [0.05, 0.1) is 47.1 Å². The number of hydrogen-bond donors (Lipinski definition) is 0. The van der Waals surface area contributed by atoms with Crippen LogP contribution in [0.1, 0.15) is 20.8 Å². The van der Waals surface area contributed by atoms with Crippen molar-refractivity contribution in [3.05, 3.63) is 0 Å². The van der Waals surface area contributed by atoms with Gasteiger partial charge in [-0.05, 0) is 43.3 Å². The molecule has 0 aromatic carbocycles. The minimum atomic E-state index is -6.26. The first-order chi connectivity index (χ1) is 12.4. The summed E-state index contributed by atoms with van der Waals surface area (Å²) in [5, 5.41) is -4.96. The van der Waals surface area contributed by atoms with Crippen LogP contribution in [-0.2, 0) is 4.74 Å². The number of rotatable bonds is 1. The summed E-state index contributed by atoms with van der Waals surface area (Å²) in [6, 6.07) is 0. The van der Waals surface area contributed by atoms with E-state index in [4.69, 9.17) is 47.1 Å². The summed E-state index contributed by atoms with van der Waals surface area (Å²) in [6.45, 7) is 4.61. The maximum absolute atomic E-state index is 12.9. The Bertz CT molecular complexity index is 638. The molecule has 1 saturated heterocycles. The van der Waals surface area contributed by atoms with E-state index in [9.17, 15) is 31.1 Å². The van der Waals surface area contributed by atoms with E-state index in [2.05, 4.69) is 12.6 Å². The van der Waals surface area contributed by atoms with Crippen molar-refractivity contribution >= 4 is 61.0 Å². The van der Waals surface area contributed by atoms with E-state index in [1.807, 2.05) is 0 Å². The van der Waals surface area contributed by atoms with Crippen molar-refractivity contribution in [2.24, 2.45) is 0 Å². The number of piperazine rings is 1. The number of amides is 1. The van der Waals surface area contributed by atoms with Gasteiger partial charge in [0.15, 0.2) is 7.85 Å². The molecule has 144 valence electrons. The molecule has 0 bridgehead atoms. The number of carbonyl (C=O) groups excluding carboxylic acids is 1. The van der Waals surface area contributed by atoms with Crippen molar-refractivity contribution in [3.8, 4) is 0 Å². The first-order valence-electron chi connectivity index (χ1n) is 7.84. The Morgan fingerprint density at radius 2 is 1.24 bits per heavy atom. The van der Waals surface area contributed by atoms with Crippen LogP contribution >= 0.6 is 0 Å². The third kappa shape index (κ3) is 4.21. The molecule has 1 heterocycles. The molecule has 4 nitrogen and oxygen atoms in total. The van der Waals surface area contributed by atoms with Crippen LogP contribution in [0.15, 0.2) is 0 Å². The van der Waals surface area contributed by atoms with Crippen molar-refractivity contribution in [2.75, 3.05) is 0 Å². The molecule has 0 aliphatic carbocycles. The van der Waals surface area contributed by atoms with Crippen LogP contribution in [0.5, 0.6) is 0 Å². The first-order valence-corrected chi connectivity index (χ1v) is 7.84. The maximum atomic E-state index is 12.9. The molecule has 2 unspecified atom stereocenters. The number of ether oxygens (including phenoxy) is 1. The molecule has 0 spiro atoms. The molecule has 29 heavy (non-hydrogen) atoms. The van der Waals surface area contributed by atoms with E-state index in [0.29, 0.717) is 0 Å². The fourth-order valence-corrected chi connectivity index (χ4v) is 2.91. The largest absolute Gasteiger partial charge is 0.434 e. The monoisotopic (exact) mass is 406 g/mol. The van der Waals surface area contributed by atoms with Gasteiger partial charge in [0.1, 0.15) is 0 Å². The summed E-state index contributed by atoms with van der Waals surface area (Å²) in [7, 11) is 39.2. The highest BCUT2D eigenvalue weighted by Gasteiger charge is 2.71. The maximum Gasteiger partial charge on any atom is 0.427 e. The number of hydrogen-bond acceptors (Lipinski definition) is 3. The molecule has 17 heteroatoms. The highest BCUT2D eigenvalue weighted by molar-refractivity contribution is 6.49. The van der Waals surface area contributed by atoms with Gasteiger partial charge < -0.3 is 14.5 Å². The topological polar surface area (TPSA) is 32.8 Å². The van der Waals surface area contributed by atoms with Crippen LogP contribution in [0.2, 0.25) is 0 Å². The van der Waals surface area contributed by atoms with E-state index in [0.717, 1.165) is 4.90 Å². The summed E-state index contributed by atoms with van der Waals surface area (Å²) in [4.78, 5) is 13.3. The Morgan fingerprint density at radius 3 is 1.55 bits per heavy atom. The molecule has 14 radical (unpaired) electrons. The van der Waals surface area contributed by atoms with Gasteiger partial charge in [-0.15, -0.1) is 0 Å². The Hall–Kier alpha value is -0.735. The second-order valence-corrected chi connectivity index (χ2v) is 7.67. The number of nitrogens with zero attached hydrogens (tertiary/aromatic N) is 2. The Labute approximate surface area is 174 Å². The van der Waals surface area contributed by atoms with E-state index >= 15 is 0 Å². The molecule has 1 amide bonds. The summed E-state index contributed by atoms with van der Waals surface area (Å²) < 4.78 is 81.3. The molecule has 0 saturated carbocycles. The number of halogens is 6. The Kier molecular flexibility index (Phi) is 6.49. The quantitative estimate of drug-likeness (QED) is 0.436. The summed E-state index contributed by atoms with van der Waals surface area (Å²) in [6.07, 6.45) is -14.9. The molecular formula is C12H11B7F6N2O2. The standard InChI is InChI=1S/C12H11B7F6N2O2/c1-7(2,3)27-5(14)8(15,16)26(4(13)9(27,17)18)6(28)29-10(19,11(20,21)22)12(23,24)25/h4-5H,1-3H3. The fourth-order valence-electron chi connectivity index (χ4n) is 2.91. The van der Waals surface area contributed by atoms with E-state index in [1.165, 1.54) is 20.8 Å². The van der Waals surface area contributed by atoms with Crippen molar-refractivity contribution in [3.63, 3.8) is 0 Å². The van der Waals surface area contributed by atoms with Crippen LogP contribution in [0.4, 0.5) is 31.1 Å². The van der Waals surface area contributed by atoms with Crippen LogP contribution in [0.3, 0.4) is 0 Å². The molecule has 0 aromatic heterocycles. The Balaban J connectivity index is 3.49. The van der Waals surface area contributed by atoms with Crippen molar-refractivity contribution in [1.29, 1.82) is 0 Å². The Morgan fingerprint density at radius 1 is 0.862 bits per heavy atom. The fraction of sp³-hybridized carbons (Fsp3) is 0.917. The van der Waals surface area contributed by atoms with Gasteiger partial charge in [-0.2, -0.15) is 26.3 Å². The lowest BCUT2D eigenvalue weighted by Gasteiger charge is -2.68. The van der Waals surface area contributed by atoms with Crippen molar-refractivity contribution in [1.82, 2.24) is 9.80 Å². The van der Waals surface area contributed by atoms with Gasteiger partial charge in [0.25, 0.3) is 5.50 Å². The van der Waals surface area contributed by atoms with E-state index < -0.39 is 52.0 Å². The molecule has 1 fully saturated rings. The lowest BCUT2D eigenvalue weighted by atomic mass is 9.40. The van der Waals surface area contributed by atoms with Gasteiger partial charge in [0.2, 0.25) is 0 Å². The summed E-state index contributed by atoms with van der Waals surface area (Å²) in [5.41, 5.74) is -6.40. The summed E-state index contributed by atoms with van der Waals surface area (Å²) in [5.74, 6) is -3.76. The molecule has 0 N–H and O–H groups in total. The molecule has 1 aliphatic rings. The number of alkyl halides is 6. The lowest BCUT2D eigenvalue weighted by molar-refractivity contribution is -0.331.